The normalized spacial score (nSPS) is 12.3. The molecule has 0 aliphatic heterocycles. The second-order valence-electron chi connectivity index (χ2n) is 4.58. The van der Waals surface area contributed by atoms with E-state index < -0.39 is 0 Å². The number of hydrogen-bond donors (Lipinski definition) is 1. The molecule has 0 fully saturated rings. The molecule has 19 heavy (non-hydrogen) atoms. The minimum atomic E-state index is 0.273. The Labute approximate surface area is 115 Å². The molecule has 0 radical (unpaired) electrons. The summed E-state index contributed by atoms with van der Waals surface area (Å²) in [6.45, 7) is 9.47. The minimum Gasteiger partial charge on any atom is -0.489 e. The highest BCUT2D eigenvalue weighted by Crippen LogP contribution is 2.33. The largest absolute Gasteiger partial charge is 0.489 e. The van der Waals surface area contributed by atoms with Crippen molar-refractivity contribution in [3.05, 3.63) is 54.6 Å². The van der Waals surface area contributed by atoms with Gasteiger partial charge in [0.25, 0.3) is 0 Å². The van der Waals surface area contributed by atoms with E-state index in [9.17, 15) is 0 Å². The van der Waals surface area contributed by atoms with E-state index in [4.69, 9.17) is 4.74 Å². The first-order valence-corrected chi connectivity index (χ1v) is 6.76. The monoisotopic (exact) mass is 255 g/mol. The molecule has 0 spiro atoms. The van der Waals surface area contributed by atoms with E-state index in [0.717, 1.165) is 17.7 Å². The Kier molecular flexibility index (Phi) is 4.58. The molecule has 0 amide bonds. The molecule has 2 nitrogen and oxygen atoms in total. The van der Waals surface area contributed by atoms with Crippen LogP contribution in [-0.2, 0) is 0 Å². The van der Waals surface area contributed by atoms with Gasteiger partial charge >= 0.3 is 0 Å². The van der Waals surface area contributed by atoms with Gasteiger partial charge in [-0.2, -0.15) is 0 Å². The van der Waals surface area contributed by atoms with Gasteiger partial charge < -0.3 is 10.1 Å². The molecule has 100 valence electrons. The summed E-state index contributed by atoms with van der Waals surface area (Å²) in [6.07, 6.45) is 1.78. The van der Waals surface area contributed by atoms with Crippen LogP contribution in [0.1, 0.15) is 25.5 Å². The van der Waals surface area contributed by atoms with Crippen LogP contribution in [0.25, 0.3) is 10.8 Å². The predicted molar refractivity (Wildman–Crippen MR) is 81.7 cm³/mol. The number of nitrogens with one attached hydrogen (secondary N) is 1. The van der Waals surface area contributed by atoms with Crippen LogP contribution >= 0.6 is 0 Å². The smallest absolute Gasteiger partial charge is 0.132 e. The summed E-state index contributed by atoms with van der Waals surface area (Å²) in [5.74, 6) is 0.964. The van der Waals surface area contributed by atoms with Crippen LogP contribution in [0.2, 0.25) is 0 Å². The number of hydrogen-bond acceptors (Lipinski definition) is 2. The molecule has 1 N–H and O–H groups in total. The summed E-state index contributed by atoms with van der Waals surface area (Å²) in [4.78, 5) is 0. The maximum absolute atomic E-state index is 5.91. The van der Waals surface area contributed by atoms with Crippen molar-refractivity contribution in [2.24, 2.45) is 0 Å². The Hall–Kier alpha value is -1.80. The van der Waals surface area contributed by atoms with Gasteiger partial charge in [-0.3, -0.25) is 0 Å². The molecule has 1 unspecified atom stereocenters. The molecule has 0 aliphatic rings. The number of benzene rings is 2. The van der Waals surface area contributed by atoms with Gasteiger partial charge in [0.05, 0.1) is 0 Å². The molecule has 0 bridgehead atoms. The van der Waals surface area contributed by atoms with E-state index in [2.05, 4.69) is 50.0 Å². The van der Waals surface area contributed by atoms with Gasteiger partial charge in [-0.05, 0) is 18.9 Å². The lowest BCUT2D eigenvalue weighted by Crippen LogP contribution is -2.18. The van der Waals surface area contributed by atoms with Crippen LogP contribution in [0.4, 0.5) is 0 Å². The quantitative estimate of drug-likeness (QED) is 0.785. The van der Waals surface area contributed by atoms with Gasteiger partial charge in [0.1, 0.15) is 12.4 Å². The van der Waals surface area contributed by atoms with Crippen molar-refractivity contribution in [1.82, 2.24) is 5.32 Å². The van der Waals surface area contributed by atoms with Crippen LogP contribution in [0.3, 0.4) is 0 Å². The van der Waals surface area contributed by atoms with E-state index >= 15 is 0 Å². The zero-order chi connectivity index (χ0) is 13.7. The van der Waals surface area contributed by atoms with Crippen molar-refractivity contribution in [1.29, 1.82) is 0 Å². The third-order valence-electron chi connectivity index (χ3n) is 3.23. The number of rotatable bonds is 6. The lowest BCUT2D eigenvalue weighted by molar-refractivity contribution is 0.359. The van der Waals surface area contributed by atoms with Gasteiger partial charge in [0, 0.05) is 17.0 Å². The van der Waals surface area contributed by atoms with Crippen LogP contribution in [0, 0.1) is 0 Å². The average molecular weight is 255 g/mol. The first kappa shape index (κ1) is 13.6. The SMILES string of the molecule is C=CCOc1c(C(C)NCC)ccc2ccccc12. The van der Waals surface area contributed by atoms with E-state index in [-0.39, 0.29) is 6.04 Å². The van der Waals surface area contributed by atoms with Crippen LogP contribution in [0.15, 0.2) is 49.1 Å². The fourth-order valence-corrected chi connectivity index (χ4v) is 2.32. The van der Waals surface area contributed by atoms with E-state index in [1.165, 1.54) is 10.9 Å². The van der Waals surface area contributed by atoms with Crippen molar-refractivity contribution in [3.63, 3.8) is 0 Å². The van der Waals surface area contributed by atoms with Crippen LogP contribution in [0.5, 0.6) is 5.75 Å². The minimum absolute atomic E-state index is 0.273. The predicted octanol–water partition coefficient (Wildman–Crippen LogP) is 4.08. The highest BCUT2D eigenvalue weighted by molar-refractivity contribution is 5.89. The molecule has 0 saturated heterocycles. The fraction of sp³-hybridized carbons (Fsp3) is 0.294. The van der Waals surface area contributed by atoms with Crippen molar-refractivity contribution in [2.75, 3.05) is 13.2 Å². The average Bonchev–Trinajstić information content (AvgIpc) is 2.44. The molecular formula is C17H21NO. The molecule has 0 heterocycles. The second kappa shape index (κ2) is 6.39. The third-order valence-corrected chi connectivity index (χ3v) is 3.23. The fourth-order valence-electron chi connectivity index (χ4n) is 2.32. The maximum atomic E-state index is 5.91. The highest BCUT2D eigenvalue weighted by Gasteiger charge is 2.13. The van der Waals surface area contributed by atoms with Gasteiger partial charge in [-0.15, -0.1) is 0 Å². The van der Waals surface area contributed by atoms with Crippen molar-refractivity contribution in [3.8, 4) is 5.75 Å². The highest BCUT2D eigenvalue weighted by atomic mass is 16.5. The topological polar surface area (TPSA) is 21.3 Å². The molecule has 2 aromatic carbocycles. The molecule has 2 aromatic rings. The summed E-state index contributed by atoms with van der Waals surface area (Å²) in [5, 5.41) is 5.80. The molecule has 2 rings (SSSR count). The molecule has 0 aliphatic carbocycles. The van der Waals surface area contributed by atoms with Crippen molar-refractivity contribution >= 4 is 10.8 Å². The zero-order valence-corrected chi connectivity index (χ0v) is 11.6. The first-order valence-electron chi connectivity index (χ1n) is 6.76. The van der Waals surface area contributed by atoms with Gasteiger partial charge in [-0.1, -0.05) is 56.0 Å². The van der Waals surface area contributed by atoms with Crippen molar-refractivity contribution < 1.29 is 4.74 Å². The third kappa shape index (κ3) is 2.96. The summed E-state index contributed by atoms with van der Waals surface area (Å²) in [6, 6.07) is 12.9. The summed E-state index contributed by atoms with van der Waals surface area (Å²) in [5.41, 5.74) is 1.20. The Bertz CT molecular complexity index is 562. The summed E-state index contributed by atoms with van der Waals surface area (Å²) in [7, 11) is 0. The van der Waals surface area contributed by atoms with E-state index in [0.29, 0.717) is 6.61 Å². The second-order valence-corrected chi connectivity index (χ2v) is 4.58. The summed E-state index contributed by atoms with van der Waals surface area (Å²) < 4.78 is 5.91. The Morgan fingerprint density at radius 2 is 2.05 bits per heavy atom. The van der Waals surface area contributed by atoms with Gasteiger partial charge in [-0.25, -0.2) is 0 Å². The van der Waals surface area contributed by atoms with E-state index in [1.54, 1.807) is 6.08 Å². The first-order chi connectivity index (χ1) is 9.27. The zero-order valence-electron chi connectivity index (χ0n) is 11.6. The molecule has 0 saturated carbocycles. The molecule has 2 heteroatoms. The number of fused-ring (bicyclic) bond motifs is 1. The molecule has 1 atom stereocenters. The Morgan fingerprint density at radius 3 is 2.79 bits per heavy atom. The summed E-state index contributed by atoms with van der Waals surface area (Å²) >= 11 is 0. The Balaban J connectivity index is 2.52. The number of ether oxygens (including phenoxy) is 1. The molecular weight excluding hydrogens is 234 g/mol. The maximum Gasteiger partial charge on any atom is 0.132 e. The van der Waals surface area contributed by atoms with Crippen molar-refractivity contribution in [2.45, 2.75) is 19.9 Å². The Morgan fingerprint density at radius 1 is 1.26 bits per heavy atom. The van der Waals surface area contributed by atoms with Gasteiger partial charge in [0.15, 0.2) is 0 Å². The lowest BCUT2D eigenvalue weighted by atomic mass is 10.0. The van der Waals surface area contributed by atoms with Crippen LogP contribution < -0.4 is 10.1 Å². The lowest BCUT2D eigenvalue weighted by Gasteiger charge is -2.19. The van der Waals surface area contributed by atoms with E-state index in [1.807, 2.05) is 12.1 Å². The van der Waals surface area contributed by atoms with Crippen LogP contribution in [-0.4, -0.2) is 13.2 Å². The molecule has 0 aromatic heterocycles. The van der Waals surface area contributed by atoms with Gasteiger partial charge in [0.2, 0.25) is 0 Å². The standard InChI is InChI=1S/C17H21NO/c1-4-12-19-17-15(13(3)18-5-2)11-10-14-8-6-7-9-16(14)17/h4,6-11,13,18H,1,5,12H2,2-3H3.